The molecular weight excluding hydrogens is 290 g/mol. The zero-order valence-corrected chi connectivity index (χ0v) is 11.5. The largest absolute Gasteiger partial charge is 0.367 e. The van der Waals surface area contributed by atoms with E-state index in [2.05, 4.69) is 20.6 Å². The second-order valence-corrected chi connectivity index (χ2v) is 5.29. The average molecular weight is 300 g/mol. The number of rotatable bonds is 5. The highest BCUT2D eigenvalue weighted by Gasteiger charge is 2.21. The number of hydrogen-bond acceptors (Lipinski definition) is 7. The van der Waals surface area contributed by atoms with E-state index in [0.29, 0.717) is 10.9 Å². The van der Waals surface area contributed by atoms with Gasteiger partial charge < -0.3 is 10.6 Å². The Labute approximate surface area is 117 Å². The van der Waals surface area contributed by atoms with E-state index < -0.39 is 4.92 Å². The summed E-state index contributed by atoms with van der Waals surface area (Å²) in [5.41, 5.74) is -0.173. The monoisotopic (exact) mass is 299 g/mol. The third kappa shape index (κ3) is 3.09. The van der Waals surface area contributed by atoms with Gasteiger partial charge in [-0.3, -0.25) is 10.1 Å². The average Bonchev–Trinajstić information content (AvgIpc) is 2.81. The fraction of sp³-hybridized carbons (Fsp3) is 0.200. The number of hydrogen-bond donors (Lipinski definition) is 2. The Morgan fingerprint density at radius 2 is 2.16 bits per heavy atom. The summed E-state index contributed by atoms with van der Waals surface area (Å²) in [4.78, 5) is 19.2. The molecule has 0 bridgehead atoms. The maximum atomic E-state index is 11.0. The van der Waals surface area contributed by atoms with Crippen LogP contribution in [-0.2, 0) is 6.54 Å². The van der Waals surface area contributed by atoms with Gasteiger partial charge in [0.1, 0.15) is 6.33 Å². The van der Waals surface area contributed by atoms with Crippen molar-refractivity contribution in [3.8, 4) is 0 Å². The van der Waals surface area contributed by atoms with Crippen molar-refractivity contribution >= 4 is 40.3 Å². The molecule has 0 saturated carbocycles. The van der Waals surface area contributed by atoms with Gasteiger partial charge in [-0.1, -0.05) is 11.6 Å². The minimum absolute atomic E-state index is 0.173. The van der Waals surface area contributed by atoms with Crippen molar-refractivity contribution < 1.29 is 4.92 Å². The first kappa shape index (κ1) is 13.5. The predicted molar refractivity (Wildman–Crippen MR) is 74.9 cm³/mol. The molecule has 0 unspecified atom stereocenters. The minimum Gasteiger partial charge on any atom is -0.367 e. The first-order chi connectivity index (χ1) is 9.11. The molecule has 7 nitrogen and oxygen atoms in total. The van der Waals surface area contributed by atoms with Crippen LogP contribution in [0.25, 0.3) is 0 Å². The van der Waals surface area contributed by atoms with Crippen LogP contribution in [0.4, 0.5) is 17.3 Å². The summed E-state index contributed by atoms with van der Waals surface area (Å²) in [6.45, 7) is 0.415. The Kier molecular flexibility index (Phi) is 4.13. The van der Waals surface area contributed by atoms with Crippen LogP contribution in [0.2, 0.25) is 4.34 Å². The van der Waals surface area contributed by atoms with Crippen molar-refractivity contribution in [3.63, 3.8) is 0 Å². The van der Waals surface area contributed by atoms with Crippen LogP contribution in [0, 0.1) is 10.1 Å². The number of nitro groups is 1. The van der Waals surface area contributed by atoms with Gasteiger partial charge in [0.15, 0.2) is 0 Å². The number of anilines is 2. The first-order valence-corrected chi connectivity index (χ1v) is 6.46. The lowest BCUT2D eigenvalue weighted by atomic mass is 10.4. The summed E-state index contributed by atoms with van der Waals surface area (Å²) in [5.74, 6) is 0.348. The van der Waals surface area contributed by atoms with E-state index in [-0.39, 0.29) is 17.3 Å². The van der Waals surface area contributed by atoms with E-state index in [0.717, 1.165) is 4.88 Å². The van der Waals surface area contributed by atoms with Gasteiger partial charge in [-0.25, -0.2) is 9.97 Å². The highest BCUT2D eigenvalue weighted by Crippen LogP contribution is 2.29. The summed E-state index contributed by atoms with van der Waals surface area (Å²) in [5, 5.41) is 16.6. The molecule has 0 aliphatic carbocycles. The SMILES string of the molecule is CNc1ncnc(NCc2ccc(Cl)s2)c1[N+](=O)[O-]. The van der Waals surface area contributed by atoms with Crippen LogP contribution >= 0.6 is 22.9 Å². The van der Waals surface area contributed by atoms with Crippen molar-refractivity contribution in [2.24, 2.45) is 0 Å². The summed E-state index contributed by atoms with van der Waals surface area (Å²) in [6, 6.07) is 3.63. The van der Waals surface area contributed by atoms with Gasteiger partial charge in [0.05, 0.1) is 15.8 Å². The molecule has 0 radical (unpaired) electrons. The lowest BCUT2D eigenvalue weighted by Gasteiger charge is -2.07. The van der Waals surface area contributed by atoms with Crippen molar-refractivity contribution in [1.82, 2.24) is 9.97 Å². The normalized spacial score (nSPS) is 10.2. The molecule has 0 amide bonds. The molecule has 0 saturated heterocycles. The molecule has 2 aromatic rings. The summed E-state index contributed by atoms with van der Waals surface area (Å²) in [6.07, 6.45) is 1.27. The Balaban J connectivity index is 2.22. The van der Waals surface area contributed by atoms with E-state index in [1.54, 1.807) is 13.1 Å². The Bertz CT molecular complexity index is 603. The quantitative estimate of drug-likeness (QED) is 0.651. The van der Waals surface area contributed by atoms with Crippen molar-refractivity contribution in [2.45, 2.75) is 6.54 Å². The van der Waals surface area contributed by atoms with E-state index in [1.165, 1.54) is 17.7 Å². The van der Waals surface area contributed by atoms with E-state index >= 15 is 0 Å². The zero-order valence-electron chi connectivity index (χ0n) is 9.88. The van der Waals surface area contributed by atoms with Crippen LogP contribution < -0.4 is 10.6 Å². The van der Waals surface area contributed by atoms with Crippen LogP contribution in [0.15, 0.2) is 18.5 Å². The van der Waals surface area contributed by atoms with Gasteiger partial charge in [0, 0.05) is 11.9 Å². The summed E-state index contributed by atoms with van der Waals surface area (Å²) < 4.78 is 0.671. The van der Waals surface area contributed by atoms with Gasteiger partial charge in [-0.05, 0) is 12.1 Å². The summed E-state index contributed by atoms with van der Waals surface area (Å²) in [7, 11) is 1.57. The fourth-order valence-electron chi connectivity index (χ4n) is 1.48. The third-order valence-electron chi connectivity index (χ3n) is 2.30. The fourth-order valence-corrected chi connectivity index (χ4v) is 2.51. The molecule has 0 aliphatic rings. The Morgan fingerprint density at radius 1 is 1.42 bits per heavy atom. The van der Waals surface area contributed by atoms with Crippen molar-refractivity contribution in [3.05, 3.63) is 37.8 Å². The molecule has 0 fully saturated rings. The lowest BCUT2D eigenvalue weighted by Crippen LogP contribution is -2.07. The van der Waals surface area contributed by atoms with E-state index in [9.17, 15) is 10.1 Å². The molecule has 2 heterocycles. The molecular formula is C10H10ClN5O2S. The van der Waals surface area contributed by atoms with Gasteiger partial charge in [-0.2, -0.15) is 0 Å². The molecule has 2 rings (SSSR count). The van der Waals surface area contributed by atoms with Crippen molar-refractivity contribution in [1.29, 1.82) is 0 Å². The maximum absolute atomic E-state index is 11.0. The van der Waals surface area contributed by atoms with Crippen LogP contribution in [-0.4, -0.2) is 21.9 Å². The molecule has 0 aromatic carbocycles. The Morgan fingerprint density at radius 3 is 2.74 bits per heavy atom. The first-order valence-electron chi connectivity index (χ1n) is 5.27. The van der Waals surface area contributed by atoms with Gasteiger partial charge >= 0.3 is 5.69 Å². The molecule has 0 spiro atoms. The van der Waals surface area contributed by atoms with Crippen LogP contribution in [0.5, 0.6) is 0 Å². The maximum Gasteiger partial charge on any atom is 0.353 e. The molecule has 100 valence electrons. The molecule has 0 aliphatic heterocycles. The molecule has 2 aromatic heterocycles. The molecule has 19 heavy (non-hydrogen) atoms. The standard InChI is InChI=1S/C10H10ClN5O2S/c1-12-9-8(16(17)18)10(15-5-14-9)13-4-6-2-3-7(11)19-6/h2-3,5H,4H2,1H3,(H2,12,13,14,15). The number of aromatic nitrogens is 2. The number of thiophene rings is 1. The number of nitrogens with one attached hydrogen (secondary N) is 2. The van der Waals surface area contributed by atoms with E-state index in [4.69, 9.17) is 11.6 Å². The lowest BCUT2D eigenvalue weighted by molar-refractivity contribution is -0.383. The molecule has 9 heteroatoms. The highest BCUT2D eigenvalue weighted by atomic mass is 35.5. The van der Waals surface area contributed by atoms with Crippen LogP contribution in [0.3, 0.4) is 0 Å². The van der Waals surface area contributed by atoms with E-state index in [1.807, 2.05) is 6.07 Å². The third-order valence-corrected chi connectivity index (χ3v) is 3.53. The molecule has 0 atom stereocenters. The smallest absolute Gasteiger partial charge is 0.353 e. The highest BCUT2D eigenvalue weighted by molar-refractivity contribution is 7.16. The Hall–Kier alpha value is -1.93. The van der Waals surface area contributed by atoms with Gasteiger partial charge in [0.2, 0.25) is 11.6 Å². The van der Waals surface area contributed by atoms with Crippen molar-refractivity contribution in [2.75, 3.05) is 17.7 Å². The minimum atomic E-state index is -0.518. The van der Waals surface area contributed by atoms with Crippen LogP contribution in [0.1, 0.15) is 4.88 Å². The summed E-state index contributed by atoms with van der Waals surface area (Å²) >= 11 is 7.22. The second-order valence-electron chi connectivity index (χ2n) is 3.49. The topological polar surface area (TPSA) is 93.0 Å². The molecule has 2 N–H and O–H groups in total. The zero-order chi connectivity index (χ0) is 13.8. The second kappa shape index (κ2) is 5.81. The van der Waals surface area contributed by atoms with Gasteiger partial charge in [0.25, 0.3) is 0 Å². The number of halogens is 1. The van der Waals surface area contributed by atoms with Gasteiger partial charge in [-0.15, -0.1) is 11.3 Å². The predicted octanol–water partition coefficient (Wildman–Crippen LogP) is 2.75. The number of nitrogens with zero attached hydrogens (tertiary/aromatic N) is 3.